The van der Waals surface area contributed by atoms with Crippen molar-refractivity contribution in [2.24, 2.45) is 0 Å². The number of Topliss-reactive ketones (excluding diaryl/α,β-unsaturated/α-hetero) is 1. The van der Waals surface area contributed by atoms with Crippen molar-refractivity contribution in [3.63, 3.8) is 0 Å². The highest BCUT2D eigenvalue weighted by molar-refractivity contribution is 6.04. The number of nitrogens with zero attached hydrogens (tertiary/aromatic N) is 3. The minimum Gasteiger partial charge on any atom is -0.323 e. The van der Waals surface area contributed by atoms with E-state index in [1.807, 2.05) is 31.2 Å². The van der Waals surface area contributed by atoms with Gasteiger partial charge in [0.15, 0.2) is 5.78 Å². The summed E-state index contributed by atoms with van der Waals surface area (Å²) in [6.07, 6.45) is 4.60. The van der Waals surface area contributed by atoms with Crippen LogP contribution in [-0.4, -0.2) is 33.4 Å². The average Bonchev–Trinajstić information content (AvgIpc) is 2.78. The molecule has 0 atom stereocenters. The molecule has 2 aromatic heterocycles. The minimum absolute atomic E-state index is 0. The van der Waals surface area contributed by atoms with Crippen molar-refractivity contribution >= 4 is 17.4 Å². The van der Waals surface area contributed by atoms with Crippen LogP contribution in [0.1, 0.15) is 49.0 Å². The summed E-state index contributed by atoms with van der Waals surface area (Å²) in [6, 6.07) is 11.9. The molecule has 7 heteroatoms. The lowest BCUT2D eigenvalue weighted by Crippen LogP contribution is -2.29. The smallest absolute Gasteiger partial charge is 0.238 e. The zero-order chi connectivity index (χ0) is 22.2. The number of amides is 1. The van der Waals surface area contributed by atoms with E-state index >= 15 is 0 Å². The van der Waals surface area contributed by atoms with Crippen molar-refractivity contribution in [1.29, 1.82) is 0 Å². The van der Waals surface area contributed by atoms with Gasteiger partial charge in [-0.1, -0.05) is 38.1 Å². The Labute approximate surface area is 183 Å². The predicted molar refractivity (Wildman–Crippen MR) is 123 cm³/mol. The van der Waals surface area contributed by atoms with Gasteiger partial charge < -0.3 is 10.6 Å². The zero-order valence-corrected chi connectivity index (χ0v) is 18.1. The first kappa shape index (κ1) is 22.2. The number of hydrogen-bond donors (Lipinski definition) is 2. The number of nitrogens with one attached hydrogen (secondary N) is 2. The van der Waals surface area contributed by atoms with Crippen molar-refractivity contribution in [3.8, 4) is 11.1 Å². The van der Waals surface area contributed by atoms with E-state index in [1.165, 1.54) is 5.56 Å². The van der Waals surface area contributed by atoms with Gasteiger partial charge in [-0.25, -0.2) is 0 Å². The highest BCUT2D eigenvalue weighted by Gasteiger charge is 2.15. The number of hydrogen-bond acceptors (Lipinski definition) is 6. The molecule has 1 aromatic carbocycles. The molecule has 0 aliphatic heterocycles. The summed E-state index contributed by atoms with van der Waals surface area (Å²) >= 11 is 0. The first-order chi connectivity index (χ1) is 15.0. The molecule has 3 rings (SSSR count). The maximum Gasteiger partial charge on any atom is 0.238 e. The SMILES string of the molecule is CCC(=O)c1ncc(-c2cccc(CC)c2)cc1NC(=O)CNCc1cc(C)cnn1.[HH]. The number of aromatic nitrogens is 3. The molecule has 0 saturated heterocycles. The number of aryl methyl sites for hydroxylation is 2. The van der Waals surface area contributed by atoms with Crippen LogP contribution in [0.25, 0.3) is 11.1 Å². The molecule has 7 nitrogen and oxygen atoms in total. The normalized spacial score (nSPS) is 10.7. The van der Waals surface area contributed by atoms with Crippen LogP contribution in [-0.2, 0) is 17.8 Å². The minimum atomic E-state index is -0.257. The first-order valence-corrected chi connectivity index (χ1v) is 10.4. The summed E-state index contributed by atoms with van der Waals surface area (Å²) in [4.78, 5) is 29.3. The topological polar surface area (TPSA) is 96.9 Å². The first-order valence-electron chi connectivity index (χ1n) is 10.4. The van der Waals surface area contributed by atoms with Crippen molar-refractivity contribution in [3.05, 3.63) is 71.3 Å². The third-order valence-corrected chi connectivity index (χ3v) is 4.85. The van der Waals surface area contributed by atoms with Gasteiger partial charge in [-0.15, -0.1) is 0 Å². The number of pyridine rings is 1. The summed E-state index contributed by atoms with van der Waals surface area (Å²) in [6.45, 7) is 6.31. The Balaban J connectivity index is 0.00000363. The molecule has 0 fully saturated rings. The summed E-state index contributed by atoms with van der Waals surface area (Å²) in [7, 11) is 0. The van der Waals surface area contributed by atoms with Gasteiger partial charge in [0.1, 0.15) is 5.69 Å². The fourth-order valence-electron chi connectivity index (χ4n) is 3.19. The van der Waals surface area contributed by atoms with E-state index < -0.39 is 0 Å². The van der Waals surface area contributed by atoms with Crippen LogP contribution in [0.3, 0.4) is 0 Å². The van der Waals surface area contributed by atoms with Gasteiger partial charge in [0.2, 0.25) is 5.91 Å². The monoisotopic (exact) mass is 419 g/mol. The van der Waals surface area contributed by atoms with E-state index in [2.05, 4.69) is 44.9 Å². The Kier molecular flexibility index (Phi) is 7.56. The second-order valence-electron chi connectivity index (χ2n) is 7.33. The third-order valence-electron chi connectivity index (χ3n) is 4.85. The molecule has 0 saturated carbocycles. The third kappa shape index (κ3) is 6.02. The van der Waals surface area contributed by atoms with Crippen molar-refractivity contribution < 1.29 is 11.0 Å². The summed E-state index contributed by atoms with van der Waals surface area (Å²) in [5.41, 5.74) is 5.52. The molecule has 0 unspecified atom stereocenters. The van der Waals surface area contributed by atoms with Gasteiger partial charge in [-0.2, -0.15) is 10.2 Å². The maximum atomic E-state index is 12.5. The fourth-order valence-corrected chi connectivity index (χ4v) is 3.19. The maximum absolute atomic E-state index is 12.5. The van der Waals surface area contributed by atoms with Gasteiger partial charge in [0.25, 0.3) is 0 Å². The summed E-state index contributed by atoms with van der Waals surface area (Å²) in [5, 5.41) is 13.8. The van der Waals surface area contributed by atoms with Gasteiger partial charge in [0, 0.05) is 26.2 Å². The standard InChI is InChI=1S/C24H27N5O2.H2/c1-4-17-7-6-8-18(10-17)19-11-21(24(26-13-19)22(30)5-2)28-23(31)15-25-14-20-9-16(3)12-27-29-20;/h6-13,25H,4-5,14-15H2,1-3H3,(H,28,31);1H. The highest BCUT2D eigenvalue weighted by atomic mass is 16.2. The van der Waals surface area contributed by atoms with Gasteiger partial charge >= 0.3 is 0 Å². The number of carbonyl (C=O) groups is 2. The summed E-state index contributed by atoms with van der Waals surface area (Å²) < 4.78 is 0. The van der Waals surface area contributed by atoms with Crippen LogP contribution < -0.4 is 10.6 Å². The van der Waals surface area contributed by atoms with Crippen LogP contribution in [0.5, 0.6) is 0 Å². The molecule has 3 aromatic rings. The van der Waals surface area contributed by atoms with E-state index in [0.717, 1.165) is 28.8 Å². The van der Waals surface area contributed by atoms with Crippen LogP contribution in [0.2, 0.25) is 0 Å². The number of benzene rings is 1. The summed E-state index contributed by atoms with van der Waals surface area (Å²) in [5.74, 6) is -0.376. The van der Waals surface area contributed by atoms with Gasteiger partial charge in [-0.05, 0) is 42.2 Å². The fraction of sp³-hybridized carbons (Fsp3) is 0.292. The Morgan fingerprint density at radius 3 is 2.65 bits per heavy atom. The second kappa shape index (κ2) is 10.5. The van der Waals surface area contributed by atoms with E-state index in [1.54, 1.807) is 19.3 Å². The Morgan fingerprint density at radius 1 is 1.06 bits per heavy atom. The molecule has 31 heavy (non-hydrogen) atoms. The van der Waals surface area contributed by atoms with Crippen LogP contribution >= 0.6 is 0 Å². The Morgan fingerprint density at radius 2 is 1.90 bits per heavy atom. The number of carbonyl (C=O) groups excluding carboxylic acids is 2. The van der Waals surface area contributed by atoms with Crippen LogP contribution in [0, 0.1) is 6.92 Å². The van der Waals surface area contributed by atoms with Crippen molar-refractivity contribution in [1.82, 2.24) is 20.5 Å². The van der Waals surface area contributed by atoms with E-state index in [-0.39, 0.29) is 25.4 Å². The Bertz CT molecular complexity index is 1090. The van der Waals surface area contributed by atoms with Gasteiger partial charge in [0.05, 0.1) is 24.1 Å². The lowest BCUT2D eigenvalue weighted by molar-refractivity contribution is -0.115. The quantitative estimate of drug-likeness (QED) is 0.509. The number of ketones is 1. The van der Waals surface area contributed by atoms with Crippen LogP contribution in [0.4, 0.5) is 5.69 Å². The second-order valence-corrected chi connectivity index (χ2v) is 7.33. The molecule has 1 amide bonds. The molecule has 0 radical (unpaired) electrons. The molecular weight excluding hydrogens is 390 g/mol. The average molecular weight is 420 g/mol. The lowest BCUT2D eigenvalue weighted by atomic mass is 10.0. The van der Waals surface area contributed by atoms with Crippen molar-refractivity contribution in [2.45, 2.75) is 40.2 Å². The molecular formula is C24H29N5O2. The predicted octanol–water partition coefficient (Wildman–Crippen LogP) is 3.98. The highest BCUT2D eigenvalue weighted by Crippen LogP contribution is 2.26. The largest absolute Gasteiger partial charge is 0.323 e. The van der Waals surface area contributed by atoms with E-state index in [4.69, 9.17) is 0 Å². The van der Waals surface area contributed by atoms with Gasteiger partial charge in [-0.3, -0.25) is 14.6 Å². The molecule has 0 aliphatic rings. The zero-order valence-electron chi connectivity index (χ0n) is 18.1. The van der Waals surface area contributed by atoms with Crippen molar-refractivity contribution in [2.75, 3.05) is 11.9 Å². The Hall–Kier alpha value is -3.45. The molecule has 2 N–H and O–H groups in total. The number of anilines is 1. The molecule has 162 valence electrons. The lowest BCUT2D eigenvalue weighted by Gasteiger charge is -2.12. The molecule has 0 aliphatic carbocycles. The van der Waals surface area contributed by atoms with Crippen LogP contribution in [0.15, 0.2) is 48.8 Å². The van der Waals surface area contributed by atoms with E-state index in [0.29, 0.717) is 18.7 Å². The number of rotatable bonds is 9. The molecule has 0 spiro atoms. The van der Waals surface area contributed by atoms with E-state index in [9.17, 15) is 9.59 Å². The molecule has 2 heterocycles. The molecule has 0 bridgehead atoms.